The SMILES string of the molecule is COc1cccc(-c2noc(-c3ccccc3C(=O)NC[C@H]3CCCO3)n2)c1. The topological polar surface area (TPSA) is 86.5 Å². The van der Waals surface area contributed by atoms with Gasteiger partial charge in [0.05, 0.1) is 24.3 Å². The number of carbonyl (C=O) groups is 1. The smallest absolute Gasteiger partial charge is 0.259 e. The first kappa shape index (κ1) is 18.2. The lowest BCUT2D eigenvalue weighted by molar-refractivity contribution is 0.0858. The summed E-state index contributed by atoms with van der Waals surface area (Å²) in [7, 11) is 1.60. The largest absolute Gasteiger partial charge is 0.497 e. The number of nitrogens with one attached hydrogen (secondary N) is 1. The Labute approximate surface area is 162 Å². The molecule has 2 aromatic carbocycles. The first-order valence-electron chi connectivity index (χ1n) is 9.22. The summed E-state index contributed by atoms with van der Waals surface area (Å²) in [5.74, 6) is 1.24. The van der Waals surface area contributed by atoms with Crippen LogP contribution in [-0.2, 0) is 4.74 Å². The third-order valence-corrected chi connectivity index (χ3v) is 4.67. The molecule has 0 radical (unpaired) electrons. The van der Waals surface area contributed by atoms with E-state index in [0.29, 0.717) is 35.1 Å². The van der Waals surface area contributed by atoms with Crippen molar-refractivity contribution in [2.45, 2.75) is 18.9 Å². The van der Waals surface area contributed by atoms with E-state index in [1.807, 2.05) is 36.4 Å². The minimum atomic E-state index is -0.188. The minimum absolute atomic E-state index is 0.0826. The van der Waals surface area contributed by atoms with Gasteiger partial charge in [-0.1, -0.05) is 29.4 Å². The first-order valence-corrected chi connectivity index (χ1v) is 9.22. The summed E-state index contributed by atoms with van der Waals surface area (Å²) < 4.78 is 16.2. The van der Waals surface area contributed by atoms with Crippen molar-refractivity contribution in [3.8, 4) is 28.6 Å². The van der Waals surface area contributed by atoms with Crippen LogP contribution < -0.4 is 10.1 Å². The van der Waals surface area contributed by atoms with Gasteiger partial charge in [-0.2, -0.15) is 4.98 Å². The molecule has 1 fully saturated rings. The summed E-state index contributed by atoms with van der Waals surface area (Å²) in [6.45, 7) is 1.25. The minimum Gasteiger partial charge on any atom is -0.497 e. The lowest BCUT2D eigenvalue weighted by Gasteiger charge is -2.11. The van der Waals surface area contributed by atoms with Gasteiger partial charge in [0.2, 0.25) is 5.82 Å². The Hall–Kier alpha value is -3.19. The fourth-order valence-electron chi connectivity index (χ4n) is 3.19. The molecule has 0 bridgehead atoms. The van der Waals surface area contributed by atoms with Gasteiger partial charge in [0.15, 0.2) is 0 Å². The third-order valence-electron chi connectivity index (χ3n) is 4.67. The standard InChI is InChI=1S/C21H21N3O4/c1-26-15-7-4-6-14(12-15)19-23-21(28-24-19)18-10-3-2-9-17(18)20(25)22-13-16-8-5-11-27-16/h2-4,6-7,9-10,12,16H,5,8,11,13H2,1H3,(H,22,25)/t16-/m1/s1. The van der Waals surface area contributed by atoms with Gasteiger partial charge in [0.25, 0.3) is 11.8 Å². The summed E-state index contributed by atoms with van der Waals surface area (Å²) in [6.07, 6.45) is 2.08. The molecular formula is C21H21N3O4. The normalized spacial score (nSPS) is 16.1. The van der Waals surface area contributed by atoms with Crippen LogP contribution in [0.15, 0.2) is 53.1 Å². The zero-order valence-corrected chi connectivity index (χ0v) is 15.6. The number of nitrogens with zero attached hydrogens (tertiary/aromatic N) is 2. The van der Waals surface area contributed by atoms with E-state index in [-0.39, 0.29) is 12.0 Å². The van der Waals surface area contributed by atoms with Crippen molar-refractivity contribution < 1.29 is 18.8 Å². The molecule has 1 atom stereocenters. The molecule has 1 amide bonds. The van der Waals surface area contributed by atoms with Crippen LogP contribution in [0.25, 0.3) is 22.8 Å². The highest BCUT2D eigenvalue weighted by molar-refractivity contribution is 6.00. The highest BCUT2D eigenvalue weighted by Gasteiger charge is 2.20. The molecule has 4 rings (SSSR count). The van der Waals surface area contributed by atoms with E-state index >= 15 is 0 Å². The third kappa shape index (κ3) is 3.89. The monoisotopic (exact) mass is 379 g/mol. The zero-order chi connectivity index (χ0) is 19.3. The molecular weight excluding hydrogens is 358 g/mol. The average molecular weight is 379 g/mol. The van der Waals surface area contributed by atoms with Crippen molar-refractivity contribution in [1.29, 1.82) is 0 Å². The van der Waals surface area contributed by atoms with Gasteiger partial charge in [-0.3, -0.25) is 4.79 Å². The van der Waals surface area contributed by atoms with Crippen LogP contribution in [0.2, 0.25) is 0 Å². The average Bonchev–Trinajstić information content (AvgIpc) is 3.44. The summed E-state index contributed by atoms with van der Waals surface area (Å²) in [5, 5.41) is 6.99. The Morgan fingerprint density at radius 1 is 1.25 bits per heavy atom. The van der Waals surface area contributed by atoms with E-state index < -0.39 is 0 Å². The van der Waals surface area contributed by atoms with Crippen molar-refractivity contribution in [3.63, 3.8) is 0 Å². The first-order chi connectivity index (χ1) is 13.7. The van der Waals surface area contributed by atoms with Gasteiger partial charge in [-0.25, -0.2) is 0 Å². The molecule has 1 N–H and O–H groups in total. The number of hydrogen-bond acceptors (Lipinski definition) is 6. The summed E-state index contributed by atoms with van der Waals surface area (Å²) in [4.78, 5) is 17.2. The van der Waals surface area contributed by atoms with E-state index in [2.05, 4.69) is 15.5 Å². The van der Waals surface area contributed by atoms with E-state index in [0.717, 1.165) is 25.0 Å². The van der Waals surface area contributed by atoms with Gasteiger partial charge in [-0.05, 0) is 37.1 Å². The van der Waals surface area contributed by atoms with E-state index in [4.69, 9.17) is 14.0 Å². The predicted octanol–water partition coefficient (Wildman–Crippen LogP) is 3.32. The van der Waals surface area contributed by atoms with Crippen LogP contribution >= 0.6 is 0 Å². The highest BCUT2D eigenvalue weighted by Crippen LogP contribution is 2.27. The van der Waals surface area contributed by atoms with Gasteiger partial charge in [0, 0.05) is 18.7 Å². The Balaban J connectivity index is 1.56. The second-order valence-electron chi connectivity index (χ2n) is 6.55. The lowest BCUT2D eigenvalue weighted by atomic mass is 10.1. The Kier molecular flexibility index (Phi) is 5.34. The Morgan fingerprint density at radius 3 is 2.96 bits per heavy atom. The van der Waals surface area contributed by atoms with Crippen LogP contribution in [-0.4, -0.2) is 42.4 Å². The van der Waals surface area contributed by atoms with Crippen LogP contribution in [0.5, 0.6) is 5.75 Å². The van der Waals surface area contributed by atoms with Crippen molar-refractivity contribution >= 4 is 5.91 Å². The highest BCUT2D eigenvalue weighted by atomic mass is 16.5. The number of amides is 1. The fourth-order valence-corrected chi connectivity index (χ4v) is 3.19. The Morgan fingerprint density at radius 2 is 2.14 bits per heavy atom. The number of hydrogen-bond donors (Lipinski definition) is 1. The maximum atomic E-state index is 12.7. The summed E-state index contributed by atoms with van der Waals surface area (Å²) >= 11 is 0. The number of methoxy groups -OCH3 is 1. The quantitative estimate of drug-likeness (QED) is 0.707. The Bertz CT molecular complexity index is 964. The second kappa shape index (κ2) is 8.22. The molecule has 1 aliphatic heterocycles. The number of aromatic nitrogens is 2. The molecule has 0 unspecified atom stereocenters. The number of ether oxygens (including phenoxy) is 2. The lowest BCUT2D eigenvalue weighted by Crippen LogP contribution is -2.32. The summed E-state index contributed by atoms with van der Waals surface area (Å²) in [5.41, 5.74) is 1.85. The van der Waals surface area contributed by atoms with Crippen LogP contribution in [0, 0.1) is 0 Å². The molecule has 3 aromatic rings. The maximum Gasteiger partial charge on any atom is 0.259 e. The van der Waals surface area contributed by atoms with Gasteiger partial charge in [-0.15, -0.1) is 0 Å². The molecule has 1 aromatic heterocycles. The van der Waals surface area contributed by atoms with Gasteiger partial charge < -0.3 is 19.3 Å². The molecule has 1 saturated heterocycles. The van der Waals surface area contributed by atoms with Gasteiger partial charge >= 0.3 is 0 Å². The molecule has 7 nitrogen and oxygen atoms in total. The zero-order valence-electron chi connectivity index (χ0n) is 15.6. The van der Waals surface area contributed by atoms with Gasteiger partial charge in [0.1, 0.15) is 5.75 Å². The summed E-state index contributed by atoms with van der Waals surface area (Å²) in [6, 6.07) is 14.6. The number of rotatable bonds is 6. The van der Waals surface area contributed by atoms with Crippen molar-refractivity contribution in [1.82, 2.24) is 15.5 Å². The van der Waals surface area contributed by atoms with Crippen LogP contribution in [0.1, 0.15) is 23.2 Å². The van der Waals surface area contributed by atoms with Crippen LogP contribution in [0.3, 0.4) is 0 Å². The number of carbonyl (C=O) groups excluding carboxylic acids is 1. The number of benzene rings is 2. The molecule has 0 spiro atoms. The van der Waals surface area contributed by atoms with Crippen LogP contribution in [0.4, 0.5) is 0 Å². The molecule has 0 saturated carbocycles. The fraction of sp³-hybridized carbons (Fsp3) is 0.286. The molecule has 28 heavy (non-hydrogen) atoms. The predicted molar refractivity (Wildman–Crippen MR) is 103 cm³/mol. The molecule has 2 heterocycles. The van der Waals surface area contributed by atoms with E-state index in [1.54, 1.807) is 19.2 Å². The molecule has 7 heteroatoms. The van der Waals surface area contributed by atoms with E-state index in [1.165, 1.54) is 0 Å². The molecule has 0 aliphatic carbocycles. The van der Waals surface area contributed by atoms with E-state index in [9.17, 15) is 4.79 Å². The molecule has 144 valence electrons. The second-order valence-corrected chi connectivity index (χ2v) is 6.55. The van der Waals surface area contributed by atoms with Crippen molar-refractivity contribution in [2.24, 2.45) is 0 Å². The maximum absolute atomic E-state index is 12.7. The van der Waals surface area contributed by atoms with Crippen molar-refractivity contribution in [3.05, 3.63) is 54.1 Å². The van der Waals surface area contributed by atoms with Crippen molar-refractivity contribution in [2.75, 3.05) is 20.3 Å². The molecule has 1 aliphatic rings.